The molecular weight excluding hydrogens is 138 g/mol. The van der Waals surface area contributed by atoms with Crippen LogP contribution in [0.3, 0.4) is 0 Å². The van der Waals surface area contributed by atoms with E-state index in [-0.39, 0.29) is 0 Å². The van der Waals surface area contributed by atoms with Crippen molar-refractivity contribution in [3.05, 3.63) is 0 Å². The number of hydrogen-bond donors (Lipinski definition) is 2. The molecule has 60 valence electrons. The highest BCUT2D eigenvalue weighted by molar-refractivity contribution is 5.63. The van der Waals surface area contributed by atoms with Crippen LogP contribution >= 0.6 is 0 Å². The van der Waals surface area contributed by atoms with Crippen LogP contribution in [-0.4, -0.2) is 41.3 Å². The molecule has 0 aliphatic heterocycles. The molecule has 0 aliphatic rings. The summed E-state index contributed by atoms with van der Waals surface area (Å²) in [6.45, 7) is 1.08. The van der Waals surface area contributed by atoms with E-state index in [2.05, 4.69) is 0 Å². The van der Waals surface area contributed by atoms with E-state index >= 15 is 0 Å². The standard InChI is InChI=1S/C3H7NO2.C2H4O2/c1-4(2)3(5)6;1-2(3)4/h1-2H3,(H,5,6);1H3,(H,3,4). The molecule has 1 amide bonds. The summed E-state index contributed by atoms with van der Waals surface area (Å²) in [6.07, 6.45) is -0.907. The Bertz CT molecular complexity index is 117. The van der Waals surface area contributed by atoms with Gasteiger partial charge in [0.2, 0.25) is 0 Å². The van der Waals surface area contributed by atoms with Gasteiger partial charge >= 0.3 is 6.09 Å². The number of hydrogen-bond acceptors (Lipinski definition) is 2. The number of carboxylic acid groups (broad SMARTS) is 2. The lowest BCUT2D eigenvalue weighted by Crippen LogP contribution is -2.18. The monoisotopic (exact) mass is 149 g/mol. The van der Waals surface area contributed by atoms with Gasteiger partial charge in [0.05, 0.1) is 0 Å². The van der Waals surface area contributed by atoms with Crippen molar-refractivity contribution in [3.8, 4) is 0 Å². The van der Waals surface area contributed by atoms with Crippen molar-refractivity contribution < 1.29 is 19.8 Å². The van der Waals surface area contributed by atoms with E-state index in [0.29, 0.717) is 0 Å². The maximum atomic E-state index is 9.62. The van der Waals surface area contributed by atoms with Gasteiger partial charge in [0.1, 0.15) is 0 Å². The zero-order valence-corrected chi connectivity index (χ0v) is 6.16. The van der Waals surface area contributed by atoms with E-state index in [1.807, 2.05) is 0 Å². The minimum Gasteiger partial charge on any atom is -0.481 e. The van der Waals surface area contributed by atoms with Gasteiger partial charge in [-0.05, 0) is 0 Å². The Hall–Kier alpha value is -1.26. The van der Waals surface area contributed by atoms with E-state index in [4.69, 9.17) is 15.0 Å². The molecule has 0 aromatic heterocycles. The van der Waals surface area contributed by atoms with Crippen LogP contribution < -0.4 is 0 Å². The Kier molecular flexibility index (Phi) is 6.76. The van der Waals surface area contributed by atoms with Gasteiger partial charge in [-0.25, -0.2) is 4.79 Å². The Morgan fingerprint density at radius 2 is 1.30 bits per heavy atom. The van der Waals surface area contributed by atoms with Crippen LogP contribution in [0.15, 0.2) is 0 Å². The van der Waals surface area contributed by atoms with Crippen molar-refractivity contribution in [2.75, 3.05) is 14.1 Å². The van der Waals surface area contributed by atoms with Crippen molar-refractivity contribution in [1.29, 1.82) is 0 Å². The molecule has 0 aromatic carbocycles. The van der Waals surface area contributed by atoms with Crippen LogP contribution in [-0.2, 0) is 4.79 Å². The quantitative estimate of drug-likeness (QED) is 0.519. The second-order valence-corrected chi connectivity index (χ2v) is 1.70. The van der Waals surface area contributed by atoms with Crippen LogP contribution in [0.2, 0.25) is 0 Å². The Morgan fingerprint density at radius 1 is 1.20 bits per heavy atom. The largest absolute Gasteiger partial charge is 0.481 e. The fraction of sp³-hybridized carbons (Fsp3) is 0.600. The van der Waals surface area contributed by atoms with Crippen LogP contribution in [0, 0.1) is 0 Å². The maximum Gasteiger partial charge on any atom is 0.406 e. The molecule has 0 rings (SSSR count). The zero-order chi connectivity index (χ0) is 8.73. The van der Waals surface area contributed by atoms with Gasteiger partial charge in [0, 0.05) is 21.0 Å². The van der Waals surface area contributed by atoms with Gasteiger partial charge in [-0.1, -0.05) is 0 Å². The fourth-order valence-electron chi connectivity index (χ4n) is 0. The van der Waals surface area contributed by atoms with E-state index < -0.39 is 12.1 Å². The normalized spacial score (nSPS) is 7.10. The number of rotatable bonds is 0. The number of nitrogens with zero attached hydrogens (tertiary/aromatic N) is 1. The Labute approximate surface area is 58.9 Å². The molecular formula is C5H11NO4. The minimum absolute atomic E-state index is 0.833. The zero-order valence-electron chi connectivity index (χ0n) is 6.16. The first-order valence-electron chi connectivity index (χ1n) is 2.47. The molecule has 0 aromatic rings. The summed E-state index contributed by atoms with van der Waals surface area (Å²) in [5.74, 6) is -0.833. The molecule has 0 aliphatic carbocycles. The van der Waals surface area contributed by atoms with Gasteiger partial charge < -0.3 is 15.1 Å². The number of amides is 1. The second kappa shape index (κ2) is 5.87. The first-order chi connectivity index (χ1) is 4.37. The van der Waals surface area contributed by atoms with Gasteiger partial charge in [-0.3, -0.25) is 4.79 Å². The molecule has 0 atom stereocenters. The summed E-state index contributed by atoms with van der Waals surface area (Å²) >= 11 is 0. The first-order valence-corrected chi connectivity index (χ1v) is 2.47. The smallest absolute Gasteiger partial charge is 0.406 e. The highest BCUT2D eigenvalue weighted by atomic mass is 16.4. The van der Waals surface area contributed by atoms with E-state index in [1.54, 1.807) is 0 Å². The van der Waals surface area contributed by atoms with Crippen molar-refractivity contribution >= 4 is 12.1 Å². The van der Waals surface area contributed by atoms with Crippen LogP contribution in [0.25, 0.3) is 0 Å². The third-order valence-corrected chi connectivity index (χ3v) is 0.383. The van der Waals surface area contributed by atoms with Gasteiger partial charge in [0.15, 0.2) is 0 Å². The van der Waals surface area contributed by atoms with Crippen molar-refractivity contribution in [3.63, 3.8) is 0 Å². The number of carbonyl (C=O) groups is 2. The molecule has 0 spiro atoms. The Morgan fingerprint density at radius 3 is 1.30 bits per heavy atom. The Balaban J connectivity index is 0. The van der Waals surface area contributed by atoms with Gasteiger partial charge in [-0.15, -0.1) is 0 Å². The SMILES string of the molecule is CC(=O)O.CN(C)C(=O)O. The molecule has 0 fully saturated rings. The molecule has 0 saturated carbocycles. The summed E-state index contributed by atoms with van der Waals surface area (Å²) in [7, 11) is 2.95. The molecule has 5 heteroatoms. The molecule has 0 saturated heterocycles. The number of carboxylic acids is 1. The molecule has 5 nitrogen and oxygen atoms in total. The third kappa shape index (κ3) is 29.6. The summed E-state index contributed by atoms with van der Waals surface area (Å²) < 4.78 is 0. The maximum absolute atomic E-state index is 9.62. The molecule has 10 heavy (non-hydrogen) atoms. The summed E-state index contributed by atoms with van der Waals surface area (Å²) in [6, 6.07) is 0. The fourth-order valence-corrected chi connectivity index (χ4v) is 0. The van der Waals surface area contributed by atoms with Gasteiger partial charge in [-0.2, -0.15) is 0 Å². The van der Waals surface area contributed by atoms with Gasteiger partial charge in [0.25, 0.3) is 5.97 Å². The van der Waals surface area contributed by atoms with Crippen molar-refractivity contribution in [1.82, 2.24) is 4.90 Å². The van der Waals surface area contributed by atoms with Crippen LogP contribution in [0.4, 0.5) is 4.79 Å². The average Bonchev–Trinajstić information content (AvgIpc) is 1.63. The van der Waals surface area contributed by atoms with Crippen molar-refractivity contribution in [2.24, 2.45) is 0 Å². The second-order valence-electron chi connectivity index (χ2n) is 1.70. The van der Waals surface area contributed by atoms with Crippen LogP contribution in [0.1, 0.15) is 6.92 Å². The lowest BCUT2D eigenvalue weighted by Gasteiger charge is -1.99. The highest BCUT2D eigenvalue weighted by Crippen LogP contribution is 1.69. The topological polar surface area (TPSA) is 77.8 Å². The first kappa shape index (κ1) is 11.5. The van der Waals surface area contributed by atoms with Crippen LogP contribution in [0.5, 0.6) is 0 Å². The summed E-state index contributed by atoms with van der Waals surface area (Å²) in [5.41, 5.74) is 0. The highest BCUT2D eigenvalue weighted by Gasteiger charge is 1.91. The minimum atomic E-state index is -0.907. The molecule has 0 radical (unpaired) electrons. The predicted octanol–water partition coefficient (Wildman–Crippen LogP) is 0.317. The molecule has 2 N–H and O–H groups in total. The summed E-state index contributed by atoms with van der Waals surface area (Å²) in [5, 5.41) is 15.3. The molecule has 0 bridgehead atoms. The van der Waals surface area contributed by atoms with E-state index in [1.165, 1.54) is 14.1 Å². The van der Waals surface area contributed by atoms with E-state index in [9.17, 15) is 4.79 Å². The molecule has 0 heterocycles. The lowest BCUT2D eigenvalue weighted by molar-refractivity contribution is -0.134. The predicted molar refractivity (Wildman–Crippen MR) is 35.0 cm³/mol. The average molecular weight is 149 g/mol. The van der Waals surface area contributed by atoms with Crippen molar-refractivity contribution in [2.45, 2.75) is 6.92 Å². The summed E-state index contributed by atoms with van der Waals surface area (Å²) in [4.78, 5) is 19.7. The number of aliphatic carboxylic acids is 1. The third-order valence-electron chi connectivity index (χ3n) is 0.383. The molecule has 0 unspecified atom stereocenters. The lowest BCUT2D eigenvalue weighted by atomic mass is 10.9. The van der Waals surface area contributed by atoms with E-state index in [0.717, 1.165) is 11.8 Å².